The SMILES string of the molecule is CN(C)c1ccc(NC(=O)C2(N(Cc3ccccc3)C(=O)CN3C[C@@H](c4ccccc4)NC3=S)CCCCC2)cc1. The molecule has 0 radical (unpaired) electrons. The Labute approximate surface area is 248 Å². The Morgan fingerprint density at radius 2 is 1.56 bits per heavy atom. The first kappa shape index (κ1) is 28.6. The highest BCUT2D eigenvalue weighted by Crippen LogP contribution is 2.37. The standard InChI is InChI=1S/C33H39N5O2S/c1-36(2)28-18-16-27(17-19-28)34-31(40)33(20-10-5-11-21-33)38(22-25-12-6-3-7-13-25)30(39)24-37-23-29(35-32(37)41)26-14-8-4-9-15-26/h3-4,6-9,12-19,29H,5,10-11,20-24H2,1-2H3,(H,34,40)(H,35,41)/t29-/m0/s1. The van der Waals surface area contributed by atoms with Crippen LogP contribution in [0.15, 0.2) is 84.9 Å². The van der Waals surface area contributed by atoms with Crippen molar-refractivity contribution in [3.8, 4) is 0 Å². The number of rotatable bonds is 9. The molecular weight excluding hydrogens is 530 g/mol. The molecule has 2 fully saturated rings. The molecule has 3 aromatic rings. The summed E-state index contributed by atoms with van der Waals surface area (Å²) >= 11 is 5.66. The highest BCUT2D eigenvalue weighted by molar-refractivity contribution is 7.80. The van der Waals surface area contributed by atoms with E-state index in [1.165, 1.54) is 0 Å². The van der Waals surface area contributed by atoms with Gasteiger partial charge in [-0.1, -0.05) is 79.9 Å². The van der Waals surface area contributed by atoms with Crippen molar-refractivity contribution in [3.05, 3.63) is 96.1 Å². The summed E-state index contributed by atoms with van der Waals surface area (Å²) in [6.45, 7) is 1.09. The Morgan fingerprint density at radius 3 is 2.20 bits per heavy atom. The topological polar surface area (TPSA) is 67.9 Å². The van der Waals surface area contributed by atoms with E-state index in [2.05, 4.69) is 22.8 Å². The van der Waals surface area contributed by atoms with E-state index in [-0.39, 0.29) is 24.4 Å². The van der Waals surface area contributed by atoms with Crippen molar-refractivity contribution in [1.29, 1.82) is 0 Å². The summed E-state index contributed by atoms with van der Waals surface area (Å²) in [5.41, 5.74) is 2.97. The smallest absolute Gasteiger partial charge is 0.250 e. The molecule has 41 heavy (non-hydrogen) atoms. The molecule has 1 saturated carbocycles. The molecule has 3 aromatic carbocycles. The lowest BCUT2D eigenvalue weighted by Crippen LogP contribution is -2.61. The number of benzene rings is 3. The highest BCUT2D eigenvalue weighted by Gasteiger charge is 2.47. The molecule has 2 N–H and O–H groups in total. The van der Waals surface area contributed by atoms with Crippen molar-refractivity contribution in [3.63, 3.8) is 0 Å². The molecule has 0 spiro atoms. The minimum atomic E-state index is -0.945. The second kappa shape index (κ2) is 12.7. The molecule has 0 bridgehead atoms. The monoisotopic (exact) mass is 569 g/mol. The fourth-order valence-electron chi connectivity index (χ4n) is 5.94. The van der Waals surface area contributed by atoms with Gasteiger partial charge < -0.3 is 25.3 Å². The van der Waals surface area contributed by atoms with Crippen LogP contribution in [0, 0.1) is 0 Å². The van der Waals surface area contributed by atoms with Gasteiger partial charge >= 0.3 is 0 Å². The first-order valence-corrected chi connectivity index (χ1v) is 14.8. The summed E-state index contributed by atoms with van der Waals surface area (Å²) in [5, 5.41) is 7.11. The van der Waals surface area contributed by atoms with Crippen LogP contribution in [-0.2, 0) is 16.1 Å². The van der Waals surface area contributed by atoms with E-state index in [1.807, 2.05) is 102 Å². The van der Waals surface area contributed by atoms with E-state index in [9.17, 15) is 9.59 Å². The Kier molecular flexibility index (Phi) is 8.88. The largest absolute Gasteiger partial charge is 0.378 e. The predicted octanol–water partition coefficient (Wildman–Crippen LogP) is 5.35. The van der Waals surface area contributed by atoms with Gasteiger partial charge in [0.1, 0.15) is 5.54 Å². The van der Waals surface area contributed by atoms with Gasteiger partial charge in [0, 0.05) is 38.6 Å². The molecule has 214 valence electrons. The average Bonchev–Trinajstić information content (AvgIpc) is 3.37. The molecule has 1 aliphatic heterocycles. The zero-order chi connectivity index (χ0) is 28.8. The van der Waals surface area contributed by atoms with E-state index in [0.29, 0.717) is 31.0 Å². The van der Waals surface area contributed by atoms with Crippen molar-refractivity contribution >= 4 is 40.5 Å². The fourth-order valence-corrected chi connectivity index (χ4v) is 6.22. The van der Waals surface area contributed by atoms with Crippen LogP contribution in [0.4, 0.5) is 11.4 Å². The van der Waals surface area contributed by atoms with Gasteiger partial charge in [-0.05, 0) is 60.5 Å². The van der Waals surface area contributed by atoms with Crippen LogP contribution in [0.3, 0.4) is 0 Å². The third-order valence-corrected chi connectivity index (χ3v) is 8.64. The number of hydrogen-bond donors (Lipinski definition) is 2. The molecule has 0 aromatic heterocycles. The molecular formula is C33H39N5O2S. The van der Waals surface area contributed by atoms with Crippen LogP contribution in [0.25, 0.3) is 0 Å². The maximum Gasteiger partial charge on any atom is 0.250 e. The number of carbonyl (C=O) groups excluding carboxylic acids is 2. The fraction of sp³-hybridized carbons (Fsp3) is 0.364. The third kappa shape index (κ3) is 6.54. The second-order valence-corrected chi connectivity index (χ2v) is 11.6. The van der Waals surface area contributed by atoms with Crippen LogP contribution in [0.5, 0.6) is 0 Å². The van der Waals surface area contributed by atoms with E-state index in [0.717, 1.165) is 41.8 Å². The molecule has 1 atom stereocenters. The molecule has 1 heterocycles. The quantitative estimate of drug-likeness (QED) is 0.339. The summed E-state index contributed by atoms with van der Waals surface area (Å²) in [4.78, 5) is 34.3. The number of amides is 2. The number of nitrogens with one attached hydrogen (secondary N) is 2. The van der Waals surface area contributed by atoms with Crippen LogP contribution in [0.2, 0.25) is 0 Å². The maximum absolute atomic E-state index is 14.3. The Morgan fingerprint density at radius 1 is 0.927 bits per heavy atom. The van der Waals surface area contributed by atoms with Gasteiger partial charge in [0.25, 0.3) is 0 Å². The number of thiocarbonyl (C=S) groups is 1. The van der Waals surface area contributed by atoms with Gasteiger partial charge in [-0.25, -0.2) is 0 Å². The van der Waals surface area contributed by atoms with Crippen molar-refractivity contribution < 1.29 is 9.59 Å². The van der Waals surface area contributed by atoms with Gasteiger partial charge in [-0.2, -0.15) is 0 Å². The summed E-state index contributed by atoms with van der Waals surface area (Å²) in [6, 6.07) is 27.9. The average molecular weight is 570 g/mol. The van der Waals surface area contributed by atoms with Gasteiger partial charge in [0.05, 0.1) is 12.6 Å². The molecule has 5 rings (SSSR count). The first-order chi connectivity index (χ1) is 19.9. The van der Waals surface area contributed by atoms with Crippen LogP contribution < -0.4 is 15.5 Å². The highest BCUT2D eigenvalue weighted by atomic mass is 32.1. The van der Waals surface area contributed by atoms with Crippen molar-refractivity contribution in [2.75, 3.05) is 37.4 Å². The van der Waals surface area contributed by atoms with Crippen molar-refractivity contribution in [2.24, 2.45) is 0 Å². The summed E-state index contributed by atoms with van der Waals surface area (Å²) in [7, 11) is 3.97. The van der Waals surface area contributed by atoms with E-state index < -0.39 is 5.54 Å². The lowest BCUT2D eigenvalue weighted by atomic mass is 9.78. The summed E-state index contributed by atoms with van der Waals surface area (Å²) < 4.78 is 0. The van der Waals surface area contributed by atoms with Crippen molar-refractivity contribution in [1.82, 2.24) is 15.1 Å². The first-order valence-electron chi connectivity index (χ1n) is 14.4. The minimum Gasteiger partial charge on any atom is -0.378 e. The summed E-state index contributed by atoms with van der Waals surface area (Å²) in [5.74, 6) is -0.213. The minimum absolute atomic E-state index is 0.0242. The molecule has 1 saturated heterocycles. The van der Waals surface area contributed by atoms with E-state index in [1.54, 1.807) is 0 Å². The van der Waals surface area contributed by atoms with Gasteiger partial charge in [-0.3, -0.25) is 9.59 Å². The summed E-state index contributed by atoms with van der Waals surface area (Å²) in [6.07, 6.45) is 4.10. The van der Waals surface area contributed by atoms with Crippen LogP contribution in [-0.4, -0.2) is 59.5 Å². The van der Waals surface area contributed by atoms with Crippen LogP contribution in [0.1, 0.15) is 49.3 Å². The maximum atomic E-state index is 14.3. The van der Waals surface area contributed by atoms with Crippen LogP contribution >= 0.6 is 12.2 Å². The molecule has 8 heteroatoms. The zero-order valence-corrected chi connectivity index (χ0v) is 24.7. The molecule has 2 aliphatic rings. The molecule has 2 amide bonds. The second-order valence-electron chi connectivity index (χ2n) is 11.2. The number of hydrogen-bond acceptors (Lipinski definition) is 4. The van der Waals surface area contributed by atoms with E-state index >= 15 is 0 Å². The Balaban J connectivity index is 1.41. The normalized spacial score (nSPS) is 18.0. The van der Waals surface area contributed by atoms with Gasteiger partial charge in [0.15, 0.2) is 5.11 Å². The predicted molar refractivity (Wildman–Crippen MR) is 169 cm³/mol. The molecule has 1 aliphatic carbocycles. The number of anilines is 2. The zero-order valence-electron chi connectivity index (χ0n) is 23.9. The lowest BCUT2D eigenvalue weighted by Gasteiger charge is -2.45. The Hall–Kier alpha value is -3.91. The third-order valence-electron chi connectivity index (χ3n) is 8.26. The lowest BCUT2D eigenvalue weighted by molar-refractivity contribution is -0.149. The van der Waals surface area contributed by atoms with E-state index in [4.69, 9.17) is 12.2 Å². The van der Waals surface area contributed by atoms with Gasteiger partial charge in [-0.15, -0.1) is 0 Å². The number of carbonyl (C=O) groups is 2. The van der Waals surface area contributed by atoms with Crippen molar-refractivity contribution in [2.45, 2.75) is 50.2 Å². The molecule has 0 unspecified atom stereocenters. The van der Waals surface area contributed by atoms with Gasteiger partial charge in [0.2, 0.25) is 11.8 Å². The molecule has 7 nitrogen and oxygen atoms in total. The Bertz CT molecular complexity index is 1340. The number of nitrogens with zero attached hydrogens (tertiary/aromatic N) is 3.